The quantitative estimate of drug-likeness (QED) is 0.491. The molecular formula is C17H21Cl2NO4. The van der Waals surface area contributed by atoms with Crippen LogP contribution < -0.4 is 0 Å². The smallest absolute Gasteiger partial charge is 0.307 e. The topological polar surface area (TPSA) is 55.8 Å². The summed E-state index contributed by atoms with van der Waals surface area (Å²) in [6.07, 6.45) is 3.17. The van der Waals surface area contributed by atoms with Gasteiger partial charge in [-0.05, 0) is 30.7 Å². The fraction of sp³-hybridized carbons (Fsp3) is 0.412. The average molecular weight is 374 g/mol. The Balaban J connectivity index is 2.71. The highest BCUT2D eigenvalue weighted by Crippen LogP contribution is 2.22. The van der Waals surface area contributed by atoms with Crippen LogP contribution >= 0.6 is 23.2 Å². The van der Waals surface area contributed by atoms with Crippen molar-refractivity contribution in [3.05, 3.63) is 39.9 Å². The molecule has 0 fully saturated rings. The lowest BCUT2D eigenvalue weighted by atomic mass is 10.2. The van der Waals surface area contributed by atoms with E-state index in [0.717, 1.165) is 0 Å². The Hall–Kier alpha value is -1.56. The largest absolute Gasteiger partial charge is 0.466 e. The molecule has 5 nitrogen and oxygen atoms in total. The van der Waals surface area contributed by atoms with Crippen molar-refractivity contribution >= 4 is 41.2 Å². The first-order chi connectivity index (χ1) is 11.5. The van der Waals surface area contributed by atoms with Crippen molar-refractivity contribution in [3.63, 3.8) is 0 Å². The van der Waals surface area contributed by atoms with Crippen molar-refractivity contribution < 1.29 is 19.1 Å². The van der Waals surface area contributed by atoms with E-state index >= 15 is 0 Å². The molecule has 1 aromatic carbocycles. The fourth-order valence-electron chi connectivity index (χ4n) is 1.90. The van der Waals surface area contributed by atoms with Crippen molar-refractivity contribution in [1.82, 2.24) is 4.90 Å². The van der Waals surface area contributed by atoms with Crippen molar-refractivity contribution in [1.29, 1.82) is 0 Å². The van der Waals surface area contributed by atoms with Crippen LogP contribution in [0.3, 0.4) is 0 Å². The standard InChI is InChI=1S/C17H21Cl2NO4/c1-3-24-17(22)8-9-20(10-11-23-2)16(21)7-5-13-4-6-14(18)12-15(13)19/h4-7,12H,3,8-11H2,1-2H3/b7-5+. The van der Waals surface area contributed by atoms with Crippen LogP contribution in [-0.2, 0) is 19.1 Å². The predicted molar refractivity (Wildman–Crippen MR) is 95.2 cm³/mol. The molecule has 24 heavy (non-hydrogen) atoms. The molecule has 132 valence electrons. The van der Waals surface area contributed by atoms with Gasteiger partial charge in [0.1, 0.15) is 0 Å². The van der Waals surface area contributed by atoms with Gasteiger partial charge in [-0.3, -0.25) is 9.59 Å². The zero-order chi connectivity index (χ0) is 17.9. The summed E-state index contributed by atoms with van der Waals surface area (Å²) in [6, 6.07) is 5.03. The van der Waals surface area contributed by atoms with E-state index in [4.69, 9.17) is 32.7 Å². The highest BCUT2D eigenvalue weighted by atomic mass is 35.5. The number of carbonyl (C=O) groups excluding carboxylic acids is 2. The van der Waals surface area contributed by atoms with Crippen molar-refractivity contribution in [3.8, 4) is 0 Å². The maximum absolute atomic E-state index is 12.3. The van der Waals surface area contributed by atoms with Gasteiger partial charge in [0, 0.05) is 36.3 Å². The van der Waals surface area contributed by atoms with Crippen LogP contribution in [0.1, 0.15) is 18.9 Å². The molecule has 0 saturated carbocycles. The van der Waals surface area contributed by atoms with Crippen LogP contribution in [0.2, 0.25) is 10.0 Å². The van der Waals surface area contributed by atoms with E-state index in [1.54, 1.807) is 38.3 Å². The van der Waals surface area contributed by atoms with E-state index < -0.39 is 0 Å². The molecule has 0 spiro atoms. The number of carbonyl (C=O) groups is 2. The number of amides is 1. The molecule has 1 aromatic rings. The molecule has 0 aliphatic rings. The second-order valence-electron chi connectivity index (χ2n) is 4.87. The molecule has 0 unspecified atom stereocenters. The second kappa shape index (κ2) is 11.1. The molecule has 0 radical (unpaired) electrons. The average Bonchev–Trinajstić information content (AvgIpc) is 2.54. The number of ether oxygens (including phenoxy) is 2. The van der Waals surface area contributed by atoms with Gasteiger partial charge in [0.25, 0.3) is 0 Å². The summed E-state index contributed by atoms with van der Waals surface area (Å²) in [6.45, 7) is 3.08. The molecule has 0 N–H and O–H groups in total. The maximum atomic E-state index is 12.3. The van der Waals surface area contributed by atoms with Crippen molar-refractivity contribution in [2.75, 3.05) is 33.4 Å². The third kappa shape index (κ3) is 7.34. The Labute approximate surface area is 152 Å². The zero-order valence-corrected chi connectivity index (χ0v) is 15.3. The van der Waals surface area contributed by atoms with Gasteiger partial charge in [0.2, 0.25) is 5.91 Å². The number of methoxy groups -OCH3 is 1. The van der Waals surface area contributed by atoms with Crippen LogP contribution in [-0.4, -0.2) is 50.2 Å². The lowest BCUT2D eigenvalue weighted by molar-refractivity contribution is -0.143. The lowest BCUT2D eigenvalue weighted by Gasteiger charge is -2.20. The molecule has 1 rings (SSSR count). The molecule has 0 heterocycles. The Morgan fingerprint density at radius 3 is 2.62 bits per heavy atom. The number of nitrogens with zero attached hydrogens (tertiary/aromatic N) is 1. The molecule has 0 aliphatic heterocycles. The van der Waals surface area contributed by atoms with Gasteiger partial charge >= 0.3 is 5.97 Å². The summed E-state index contributed by atoms with van der Waals surface area (Å²) in [4.78, 5) is 25.3. The van der Waals surface area contributed by atoms with Gasteiger partial charge in [-0.1, -0.05) is 29.3 Å². The number of benzene rings is 1. The number of halogens is 2. The Morgan fingerprint density at radius 2 is 2.00 bits per heavy atom. The SMILES string of the molecule is CCOC(=O)CCN(CCOC)C(=O)/C=C/c1ccc(Cl)cc1Cl. The van der Waals surface area contributed by atoms with Gasteiger partial charge in [-0.25, -0.2) is 0 Å². The highest BCUT2D eigenvalue weighted by Gasteiger charge is 2.13. The fourth-order valence-corrected chi connectivity index (χ4v) is 2.37. The number of rotatable bonds is 9. The van der Waals surface area contributed by atoms with Crippen molar-refractivity contribution in [2.24, 2.45) is 0 Å². The summed E-state index contributed by atoms with van der Waals surface area (Å²) in [5.41, 5.74) is 0.687. The molecule has 0 aliphatic carbocycles. The Morgan fingerprint density at radius 1 is 1.25 bits per heavy atom. The van der Waals surface area contributed by atoms with Gasteiger partial charge in [0.15, 0.2) is 0 Å². The summed E-state index contributed by atoms with van der Waals surface area (Å²) in [7, 11) is 1.55. The van der Waals surface area contributed by atoms with E-state index in [2.05, 4.69) is 0 Å². The molecule has 1 amide bonds. The monoisotopic (exact) mass is 373 g/mol. The normalized spacial score (nSPS) is 10.8. The van der Waals surface area contributed by atoms with E-state index in [0.29, 0.717) is 35.4 Å². The van der Waals surface area contributed by atoms with E-state index in [-0.39, 0.29) is 24.8 Å². The first kappa shape index (κ1) is 20.5. The first-order valence-corrected chi connectivity index (χ1v) is 8.30. The molecule has 0 atom stereocenters. The molecule has 0 saturated heterocycles. The van der Waals surface area contributed by atoms with Crippen LogP contribution in [0, 0.1) is 0 Å². The third-order valence-electron chi connectivity index (χ3n) is 3.14. The van der Waals surface area contributed by atoms with Crippen molar-refractivity contribution in [2.45, 2.75) is 13.3 Å². The number of hydrogen-bond acceptors (Lipinski definition) is 4. The van der Waals surface area contributed by atoms with Gasteiger partial charge in [0.05, 0.1) is 19.6 Å². The van der Waals surface area contributed by atoms with Gasteiger partial charge in [-0.15, -0.1) is 0 Å². The second-order valence-corrected chi connectivity index (χ2v) is 5.72. The zero-order valence-electron chi connectivity index (χ0n) is 13.8. The summed E-state index contributed by atoms with van der Waals surface area (Å²) in [5, 5.41) is 0.987. The lowest BCUT2D eigenvalue weighted by Crippen LogP contribution is -2.34. The first-order valence-electron chi connectivity index (χ1n) is 7.54. The maximum Gasteiger partial charge on any atom is 0.307 e. The van der Waals surface area contributed by atoms with Crippen LogP contribution in [0.25, 0.3) is 6.08 Å². The Kier molecular flexibility index (Phi) is 9.45. The predicted octanol–water partition coefficient (Wildman–Crippen LogP) is 3.43. The molecular weight excluding hydrogens is 353 g/mol. The van der Waals surface area contributed by atoms with Crippen LogP contribution in [0.5, 0.6) is 0 Å². The van der Waals surface area contributed by atoms with Crippen LogP contribution in [0.15, 0.2) is 24.3 Å². The molecule has 0 aromatic heterocycles. The summed E-state index contributed by atoms with van der Waals surface area (Å²) >= 11 is 11.9. The van der Waals surface area contributed by atoms with E-state index in [9.17, 15) is 9.59 Å². The minimum absolute atomic E-state index is 0.138. The summed E-state index contributed by atoms with van der Waals surface area (Å²) < 4.78 is 9.88. The molecule has 7 heteroatoms. The van der Waals surface area contributed by atoms with Crippen LogP contribution in [0.4, 0.5) is 0 Å². The van der Waals surface area contributed by atoms with E-state index in [1.165, 1.54) is 11.0 Å². The highest BCUT2D eigenvalue weighted by molar-refractivity contribution is 6.35. The van der Waals surface area contributed by atoms with Gasteiger partial charge in [-0.2, -0.15) is 0 Å². The van der Waals surface area contributed by atoms with E-state index in [1.807, 2.05) is 0 Å². The summed E-state index contributed by atoms with van der Waals surface area (Å²) in [5.74, 6) is -0.570. The van der Waals surface area contributed by atoms with Gasteiger partial charge < -0.3 is 14.4 Å². The third-order valence-corrected chi connectivity index (χ3v) is 3.70. The number of hydrogen-bond donors (Lipinski definition) is 0. The minimum Gasteiger partial charge on any atom is -0.466 e. The number of esters is 1. The minimum atomic E-state index is -0.336. The Bertz CT molecular complexity index is 590. The molecule has 0 bridgehead atoms.